The predicted octanol–water partition coefficient (Wildman–Crippen LogP) is 4.13. The van der Waals surface area contributed by atoms with Gasteiger partial charge in [0.15, 0.2) is 0 Å². The van der Waals surface area contributed by atoms with Crippen molar-refractivity contribution in [1.29, 1.82) is 0 Å². The molecule has 1 spiro atoms. The first-order valence-corrected chi connectivity index (χ1v) is 12.0. The summed E-state index contributed by atoms with van der Waals surface area (Å²) in [6.07, 6.45) is 6.83. The fourth-order valence-electron chi connectivity index (χ4n) is 5.10. The number of amides is 1. The van der Waals surface area contributed by atoms with E-state index >= 15 is 0 Å². The molecule has 0 radical (unpaired) electrons. The summed E-state index contributed by atoms with van der Waals surface area (Å²) in [7, 11) is 3.92. The number of rotatable bonds is 8. The zero-order valence-electron chi connectivity index (χ0n) is 19.6. The Morgan fingerprint density at radius 2 is 1.78 bits per heavy atom. The lowest BCUT2D eigenvalue weighted by molar-refractivity contribution is -0.0754. The normalized spacial score (nSPS) is 20.4. The summed E-state index contributed by atoms with van der Waals surface area (Å²) in [4.78, 5) is 17.3. The topological polar surface area (TPSA) is 44.8 Å². The lowest BCUT2D eigenvalue weighted by Gasteiger charge is -2.39. The minimum Gasteiger partial charge on any atom is -0.377 e. The van der Waals surface area contributed by atoms with Gasteiger partial charge in [0.2, 0.25) is 0 Å². The second-order valence-electron chi connectivity index (χ2n) is 9.51. The molecule has 1 amide bonds. The van der Waals surface area contributed by atoms with Gasteiger partial charge in [-0.05, 0) is 62.8 Å². The molecule has 5 nitrogen and oxygen atoms in total. The standard InChI is InChI=1S/C27H37N3O2/c1-29(2)25-13-7-6-12-24(25)26(31)28-21-23-14-15-27(32-23)16-19-30(20-17-27)18-8-11-22-9-4-3-5-10-22/h3-7,9-10,12-13,23H,8,11,14-21H2,1-2H3,(H,28,31)/t23-/m0/s1. The Balaban J connectivity index is 1.19. The van der Waals surface area contributed by atoms with E-state index in [1.165, 1.54) is 12.0 Å². The molecule has 1 N–H and O–H groups in total. The molecule has 2 aliphatic heterocycles. The zero-order chi connectivity index (χ0) is 22.4. The van der Waals surface area contributed by atoms with Crippen molar-refractivity contribution >= 4 is 11.6 Å². The van der Waals surface area contributed by atoms with Gasteiger partial charge in [-0.3, -0.25) is 4.79 Å². The third kappa shape index (κ3) is 5.70. The van der Waals surface area contributed by atoms with Gasteiger partial charge >= 0.3 is 0 Å². The molecule has 2 heterocycles. The van der Waals surface area contributed by atoms with Crippen LogP contribution in [-0.2, 0) is 11.2 Å². The second-order valence-corrected chi connectivity index (χ2v) is 9.51. The van der Waals surface area contributed by atoms with Crippen molar-refractivity contribution in [3.8, 4) is 0 Å². The predicted molar refractivity (Wildman–Crippen MR) is 130 cm³/mol. The Hall–Kier alpha value is -2.37. The van der Waals surface area contributed by atoms with Crippen molar-refractivity contribution in [2.45, 2.75) is 50.2 Å². The van der Waals surface area contributed by atoms with E-state index in [-0.39, 0.29) is 17.6 Å². The lowest BCUT2D eigenvalue weighted by Crippen LogP contribution is -2.45. The number of carbonyl (C=O) groups excluding carboxylic acids is 1. The Labute approximate surface area is 192 Å². The quantitative estimate of drug-likeness (QED) is 0.677. The molecule has 2 aromatic carbocycles. The summed E-state index contributed by atoms with van der Waals surface area (Å²) >= 11 is 0. The molecule has 0 unspecified atom stereocenters. The summed E-state index contributed by atoms with van der Waals surface area (Å²) in [5.74, 6) is -0.0212. The Morgan fingerprint density at radius 3 is 2.53 bits per heavy atom. The van der Waals surface area contributed by atoms with Gasteiger partial charge in [0.05, 0.1) is 17.3 Å². The summed E-state index contributed by atoms with van der Waals surface area (Å²) in [5.41, 5.74) is 3.10. The fourth-order valence-corrected chi connectivity index (χ4v) is 5.10. The van der Waals surface area contributed by atoms with Crippen LogP contribution in [0.15, 0.2) is 54.6 Å². The first kappa shape index (κ1) is 22.8. The number of piperidine rings is 1. The zero-order valence-corrected chi connectivity index (χ0v) is 19.6. The van der Waals surface area contributed by atoms with Gasteiger partial charge in [0, 0.05) is 39.4 Å². The van der Waals surface area contributed by atoms with E-state index in [4.69, 9.17) is 4.74 Å². The number of ether oxygens (including phenoxy) is 1. The monoisotopic (exact) mass is 435 g/mol. The minimum atomic E-state index is -0.0212. The van der Waals surface area contributed by atoms with E-state index in [1.54, 1.807) is 0 Å². The van der Waals surface area contributed by atoms with E-state index < -0.39 is 0 Å². The van der Waals surface area contributed by atoms with Crippen LogP contribution in [0, 0.1) is 0 Å². The molecule has 4 rings (SSSR count). The Kier molecular flexibility index (Phi) is 7.48. The molecule has 2 aromatic rings. The van der Waals surface area contributed by atoms with Crippen LogP contribution in [0.5, 0.6) is 0 Å². The van der Waals surface area contributed by atoms with Crippen molar-refractivity contribution in [2.24, 2.45) is 0 Å². The number of aryl methyl sites for hydroxylation is 1. The lowest BCUT2D eigenvalue weighted by atomic mass is 9.88. The molecule has 5 heteroatoms. The Bertz CT molecular complexity index is 875. The van der Waals surface area contributed by atoms with Gasteiger partial charge in [-0.15, -0.1) is 0 Å². The van der Waals surface area contributed by atoms with Gasteiger partial charge in [-0.1, -0.05) is 42.5 Å². The smallest absolute Gasteiger partial charge is 0.253 e. The number of nitrogens with zero attached hydrogens (tertiary/aromatic N) is 2. The van der Waals surface area contributed by atoms with E-state index in [2.05, 4.69) is 40.5 Å². The van der Waals surface area contributed by atoms with Crippen LogP contribution in [0.4, 0.5) is 5.69 Å². The highest BCUT2D eigenvalue weighted by Crippen LogP contribution is 2.38. The molecule has 2 fully saturated rings. The number of anilines is 1. The van der Waals surface area contributed by atoms with Gasteiger partial charge < -0.3 is 19.9 Å². The number of hydrogen-bond acceptors (Lipinski definition) is 4. The fraction of sp³-hybridized carbons (Fsp3) is 0.519. The second kappa shape index (κ2) is 10.5. The van der Waals surface area contributed by atoms with E-state index in [9.17, 15) is 4.79 Å². The van der Waals surface area contributed by atoms with E-state index in [1.807, 2.05) is 43.3 Å². The SMILES string of the molecule is CN(C)c1ccccc1C(=O)NC[C@@H]1CCC2(CCN(CCCc3ccccc3)CC2)O1. The largest absolute Gasteiger partial charge is 0.377 e. The van der Waals surface area contributed by atoms with Crippen LogP contribution in [0.1, 0.15) is 48.0 Å². The summed E-state index contributed by atoms with van der Waals surface area (Å²) in [6, 6.07) is 18.5. The summed E-state index contributed by atoms with van der Waals surface area (Å²) < 4.78 is 6.52. The summed E-state index contributed by atoms with van der Waals surface area (Å²) in [6.45, 7) is 3.98. The van der Waals surface area contributed by atoms with Crippen LogP contribution < -0.4 is 10.2 Å². The van der Waals surface area contributed by atoms with Gasteiger partial charge in [0.25, 0.3) is 5.91 Å². The number of benzene rings is 2. The van der Waals surface area contributed by atoms with Crippen LogP contribution in [0.3, 0.4) is 0 Å². The van der Waals surface area contributed by atoms with Crippen molar-refractivity contribution in [2.75, 3.05) is 45.2 Å². The molecule has 0 aromatic heterocycles. The third-order valence-corrected chi connectivity index (χ3v) is 7.01. The van der Waals surface area contributed by atoms with E-state index in [0.29, 0.717) is 12.1 Å². The molecule has 0 bridgehead atoms. The van der Waals surface area contributed by atoms with Gasteiger partial charge in [0.1, 0.15) is 0 Å². The van der Waals surface area contributed by atoms with Crippen molar-refractivity contribution in [1.82, 2.24) is 10.2 Å². The maximum Gasteiger partial charge on any atom is 0.253 e. The summed E-state index contributed by atoms with van der Waals surface area (Å²) in [5, 5.41) is 3.11. The molecule has 0 saturated carbocycles. The molecule has 1 atom stereocenters. The highest BCUT2D eigenvalue weighted by atomic mass is 16.5. The molecule has 0 aliphatic carbocycles. The number of hydrogen-bond donors (Lipinski definition) is 1. The molecular weight excluding hydrogens is 398 g/mol. The third-order valence-electron chi connectivity index (χ3n) is 7.01. The molecular formula is C27H37N3O2. The highest BCUT2D eigenvalue weighted by molar-refractivity contribution is 5.99. The first-order chi connectivity index (χ1) is 15.5. The molecule has 172 valence electrons. The average molecular weight is 436 g/mol. The number of carbonyl (C=O) groups is 1. The van der Waals surface area contributed by atoms with Crippen LogP contribution >= 0.6 is 0 Å². The maximum atomic E-state index is 12.7. The Morgan fingerprint density at radius 1 is 1.06 bits per heavy atom. The van der Waals surface area contributed by atoms with Crippen molar-refractivity contribution in [3.05, 3.63) is 65.7 Å². The van der Waals surface area contributed by atoms with Crippen LogP contribution in [0.2, 0.25) is 0 Å². The van der Waals surface area contributed by atoms with Crippen LogP contribution in [-0.4, -0.2) is 62.8 Å². The highest BCUT2D eigenvalue weighted by Gasteiger charge is 2.42. The number of likely N-dealkylation sites (tertiary alicyclic amines) is 1. The maximum absolute atomic E-state index is 12.7. The average Bonchev–Trinajstić information content (AvgIpc) is 3.22. The molecule has 2 saturated heterocycles. The molecule has 2 aliphatic rings. The van der Waals surface area contributed by atoms with Crippen molar-refractivity contribution in [3.63, 3.8) is 0 Å². The van der Waals surface area contributed by atoms with Gasteiger partial charge in [-0.2, -0.15) is 0 Å². The van der Waals surface area contributed by atoms with E-state index in [0.717, 1.165) is 57.4 Å². The minimum absolute atomic E-state index is 0.0207. The number of nitrogens with one attached hydrogen (secondary N) is 1. The molecule has 32 heavy (non-hydrogen) atoms. The van der Waals surface area contributed by atoms with Gasteiger partial charge in [-0.25, -0.2) is 0 Å². The first-order valence-electron chi connectivity index (χ1n) is 12.0. The number of para-hydroxylation sites is 1. The van der Waals surface area contributed by atoms with Crippen molar-refractivity contribution < 1.29 is 9.53 Å². The van der Waals surface area contributed by atoms with Crippen LogP contribution in [0.25, 0.3) is 0 Å².